The minimum absolute atomic E-state index is 0.0821. The lowest BCUT2D eigenvalue weighted by atomic mass is 10.2. The molecule has 0 fully saturated rings. The zero-order valence-electron chi connectivity index (χ0n) is 11.0. The Bertz CT molecular complexity index is 433. The van der Waals surface area contributed by atoms with Crippen LogP contribution in [0.25, 0.3) is 0 Å². The number of hydrogen-bond acceptors (Lipinski definition) is 4. The van der Waals surface area contributed by atoms with E-state index in [9.17, 15) is 9.59 Å². The van der Waals surface area contributed by atoms with Crippen molar-refractivity contribution in [3.05, 3.63) is 29.8 Å². The van der Waals surface area contributed by atoms with Crippen LogP contribution in [-0.2, 0) is 16.1 Å². The molecule has 0 aliphatic rings. The average Bonchev–Trinajstić information content (AvgIpc) is 2.38. The second-order valence-electron chi connectivity index (χ2n) is 4.01. The molecular weight excluding hydrogens is 266 g/mol. The van der Waals surface area contributed by atoms with Crippen molar-refractivity contribution in [1.82, 2.24) is 4.90 Å². The van der Waals surface area contributed by atoms with Gasteiger partial charge in [-0.25, -0.2) is 4.79 Å². The smallest absolute Gasteiger partial charge is 0.341 e. The Morgan fingerprint density at radius 2 is 1.95 bits per heavy atom. The van der Waals surface area contributed by atoms with Crippen molar-refractivity contribution in [2.24, 2.45) is 0 Å². The summed E-state index contributed by atoms with van der Waals surface area (Å²) in [6.07, 6.45) is 1.89. The summed E-state index contributed by atoms with van der Waals surface area (Å²) in [4.78, 5) is 23.6. The van der Waals surface area contributed by atoms with E-state index in [1.165, 1.54) is 11.8 Å². The van der Waals surface area contributed by atoms with E-state index in [-0.39, 0.29) is 12.5 Å². The van der Waals surface area contributed by atoms with Crippen LogP contribution < -0.4 is 4.74 Å². The summed E-state index contributed by atoms with van der Waals surface area (Å²) in [6.45, 7) is 0.171. The maximum absolute atomic E-state index is 11.6. The van der Waals surface area contributed by atoms with Gasteiger partial charge in [-0.2, -0.15) is 11.8 Å². The number of rotatable bonds is 7. The van der Waals surface area contributed by atoms with Crippen molar-refractivity contribution in [2.75, 3.05) is 25.7 Å². The van der Waals surface area contributed by atoms with Gasteiger partial charge in [0.2, 0.25) is 5.91 Å². The Labute approximate surface area is 116 Å². The summed E-state index contributed by atoms with van der Waals surface area (Å²) in [5.74, 6) is 0.0467. The second-order valence-corrected chi connectivity index (χ2v) is 4.88. The number of amides is 1. The van der Waals surface area contributed by atoms with Crippen molar-refractivity contribution >= 4 is 23.6 Å². The van der Waals surface area contributed by atoms with E-state index in [0.29, 0.717) is 18.0 Å². The molecule has 6 heteroatoms. The Balaban J connectivity index is 2.52. The van der Waals surface area contributed by atoms with E-state index < -0.39 is 5.97 Å². The summed E-state index contributed by atoms with van der Waals surface area (Å²) in [6, 6.07) is 7.04. The predicted octanol–water partition coefficient (Wildman–Crippen LogP) is 1.47. The third-order valence-electron chi connectivity index (χ3n) is 2.40. The van der Waals surface area contributed by atoms with Gasteiger partial charge < -0.3 is 14.7 Å². The molecule has 5 nitrogen and oxygen atoms in total. The quantitative estimate of drug-likeness (QED) is 0.821. The van der Waals surface area contributed by atoms with Crippen LogP contribution in [0.2, 0.25) is 0 Å². The Morgan fingerprint density at radius 3 is 2.47 bits per heavy atom. The minimum atomic E-state index is -1.01. The Hall–Kier alpha value is -1.69. The largest absolute Gasteiger partial charge is 0.482 e. The molecule has 0 aliphatic carbocycles. The molecule has 0 bridgehead atoms. The van der Waals surface area contributed by atoms with Crippen LogP contribution in [0.4, 0.5) is 0 Å². The lowest BCUT2D eigenvalue weighted by Crippen LogP contribution is -2.27. The highest BCUT2D eigenvalue weighted by Gasteiger charge is 2.08. The monoisotopic (exact) mass is 283 g/mol. The molecule has 1 aromatic carbocycles. The topological polar surface area (TPSA) is 66.8 Å². The van der Waals surface area contributed by atoms with Crippen LogP contribution in [-0.4, -0.2) is 47.5 Å². The third kappa shape index (κ3) is 5.65. The van der Waals surface area contributed by atoms with Crippen molar-refractivity contribution in [1.29, 1.82) is 0 Å². The summed E-state index contributed by atoms with van der Waals surface area (Å²) in [5, 5.41) is 8.49. The number of carbonyl (C=O) groups excluding carboxylic acids is 1. The maximum Gasteiger partial charge on any atom is 0.341 e. The van der Waals surface area contributed by atoms with Gasteiger partial charge in [-0.1, -0.05) is 12.1 Å². The van der Waals surface area contributed by atoms with Crippen molar-refractivity contribution in [2.45, 2.75) is 6.54 Å². The summed E-state index contributed by atoms with van der Waals surface area (Å²) in [5.41, 5.74) is 0.972. The van der Waals surface area contributed by atoms with Gasteiger partial charge in [0.25, 0.3) is 0 Å². The standard InChI is InChI=1S/C13H17NO4S/c1-14(12(15)9-19-2)7-10-3-5-11(6-4-10)18-8-13(16)17/h3-6H,7-9H2,1-2H3,(H,16,17). The number of thioether (sulfide) groups is 1. The SMILES string of the molecule is CSCC(=O)N(C)Cc1ccc(OCC(=O)O)cc1. The molecule has 0 aromatic heterocycles. The fourth-order valence-corrected chi connectivity index (χ4v) is 1.90. The molecule has 0 atom stereocenters. The van der Waals surface area contributed by atoms with Gasteiger partial charge in [-0.05, 0) is 24.0 Å². The summed E-state index contributed by atoms with van der Waals surface area (Å²) < 4.78 is 5.03. The first-order valence-electron chi connectivity index (χ1n) is 5.69. The van der Waals surface area contributed by atoms with Gasteiger partial charge >= 0.3 is 5.97 Å². The number of aliphatic carboxylic acids is 1. The van der Waals surface area contributed by atoms with Gasteiger partial charge in [0.15, 0.2) is 6.61 Å². The van der Waals surface area contributed by atoms with Gasteiger partial charge in [0.1, 0.15) is 5.75 Å². The fraction of sp³-hybridized carbons (Fsp3) is 0.385. The first kappa shape index (κ1) is 15.4. The zero-order valence-corrected chi connectivity index (χ0v) is 11.8. The highest BCUT2D eigenvalue weighted by Crippen LogP contribution is 2.13. The number of hydrogen-bond donors (Lipinski definition) is 1. The molecule has 1 rings (SSSR count). The molecule has 1 aromatic rings. The van der Waals surface area contributed by atoms with Crippen LogP contribution in [0.15, 0.2) is 24.3 Å². The number of carbonyl (C=O) groups is 2. The van der Waals surface area contributed by atoms with Gasteiger partial charge in [-0.3, -0.25) is 4.79 Å². The van der Waals surface area contributed by atoms with Crippen LogP contribution in [0.5, 0.6) is 5.75 Å². The number of carboxylic acids is 1. The molecule has 1 amide bonds. The molecule has 0 spiro atoms. The van der Waals surface area contributed by atoms with Gasteiger partial charge in [0, 0.05) is 13.6 Å². The molecule has 104 valence electrons. The van der Waals surface area contributed by atoms with E-state index in [4.69, 9.17) is 9.84 Å². The van der Waals surface area contributed by atoms with Crippen LogP contribution >= 0.6 is 11.8 Å². The van der Waals surface area contributed by atoms with E-state index >= 15 is 0 Å². The Morgan fingerprint density at radius 1 is 1.32 bits per heavy atom. The highest BCUT2D eigenvalue weighted by molar-refractivity contribution is 7.99. The van der Waals surface area contributed by atoms with E-state index in [0.717, 1.165) is 5.56 Å². The summed E-state index contributed by atoms with van der Waals surface area (Å²) >= 11 is 1.49. The molecule has 0 saturated carbocycles. The van der Waals surface area contributed by atoms with Gasteiger partial charge in [-0.15, -0.1) is 0 Å². The van der Waals surface area contributed by atoms with Crippen molar-refractivity contribution in [3.63, 3.8) is 0 Å². The van der Waals surface area contributed by atoms with Crippen LogP contribution in [0.1, 0.15) is 5.56 Å². The molecule has 19 heavy (non-hydrogen) atoms. The molecule has 0 heterocycles. The lowest BCUT2D eigenvalue weighted by molar-refractivity contribution is -0.139. The normalized spacial score (nSPS) is 10.0. The molecule has 0 saturated heterocycles. The van der Waals surface area contributed by atoms with E-state index in [2.05, 4.69) is 0 Å². The fourth-order valence-electron chi connectivity index (χ4n) is 1.43. The summed E-state index contributed by atoms with van der Waals surface area (Å²) in [7, 11) is 1.76. The second kappa shape index (κ2) is 7.68. The lowest BCUT2D eigenvalue weighted by Gasteiger charge is -2.16. The number of ether oxygens (including phenoxy) is 1. The average molecular weight is 283 g/mol. The first-order valence-corrected chi connectivity index (χ1v) is 7.08. The molecule has 0 unspecified atom stereocenters. The van der Waals surface area contributed by atoms with E-state index in [1.807, 2.05) is 18.4 Å². The van der Waals surface area contributed by atoms with Gasteiger partial charge in [0.05, 0.1) is 5.75 Å². The number of carboxylic acid groups (broad SMARTS) is 1. The highest BCUT2D eigenvalue weighted by atomic mass is 32.2. The van der Waals surface area contributed by atoms with E-state index in [1.54, 1.807) is 24.1 Å². The minimum Gasteiger partial charge on any atom is -0.482 e. The molecule has 1 N–H and O–H groups in total. The van der Waals surface area contributed by atoms with Crippen molar-refractivity contribution < 1.29 is 19.4 Å². The van der Waals surface area contributed by atoms with Crippen LogP contribution in [0.3, 0.4) is 0 Å². The molecule has 0 radical (unpaired) electrons. The zero-order chi connectivity index (χ0) is 14.3. The Kier molecular flexibility index (Phi) is 6.21. The molecule has 0 aliphatic heterocycles. The maximum atomic E-state index is 11.6. The van der Waals surface area contributed by atoms with Crippen molar-refractivity contribution in [3.8, 4) is 5.75 Å². The number of nitrogens with zero attached hydrogens (tertiary/aromatic N) is 1. The van der Waals surface area contributed by atoms with Crippen LogP contribution in [0, 0.1) is 0 Å². The predicted molar refractivity (Wildman–Crippen MR) is 74.4 cm³/mol. The number of benzene rings is 1. The molecular formula is C13H17NO4S. The third-order valence-corrected chi connectivity index (χ3v) is 2.93. The first-order chi connectivity index (χ1) is 9.02.